The molecule has 1 unspecified atom stereocenters. The Morgan fingerprint density at radius 1 is 1.14 bits per heavy atom. The first-order chi connectivity index (χ1) is 6.79. The van der Waals surface area contributed by atoms with Crippen molar-refractivity contribution >= 4 is 11.8 Å². The predicted molar refractivity (Wildman–Crippen MR) is 51.6 cm³/mol. The molecule has 14 heavy (non-hydrogen) atoms. The maximum Gasteiger partial charge on any atom is 0.229 e. The number of rotatable bonds is 1. The van der Waals surface area contributed by atoms with E-state index in [9.17, 15) is 9.59 Å². The van der Waals surface area contributed by atoms with Crippen molar-refractivity contribution in [2.75, 3.05) is 13.1 Å². The number of hydrogen-bond acceptors (Lipinski definition) is 3. The fraction of sp³-hybridized carbons (Fsp3) is 0.800. The van der Waals surface area contributed by atoms with Gasteiger partial charge < -0.3 is 5.32 Å². The fourth-order valence-electron chi connectivity index (χ4n) is 2.22. The summed E-state index contributed by atoms with van der Waals surface area (Å²) in [5, 5.41) is 3.27. The first kappa shape index (κ1) is 9.65. The monoisotopic (exact) mass is 196 g/mol. The van der Waals surface area contributed by atoms with Gasteiger partial charge in [0.1, 0.15) is 0 Å². The maximum atomic E-state index is 11.5. The van der Waals surface area contributed by atoms with E-state index in [0.29, 0.717) is 12.8 Å². The van der Waals surface area contributed by atoms with Crippen LogP contribution in [-0.4, -0.2) is 35.8 Å². The van der Waals surface area contributed by atoms with E-state index in [0.717, 1.165) is 32.4 Å². The second-order valence-corrected chi connectivity index (χ2v) is 4.01. The molecule has 2 rings (SSSR count). The van der Waals surface area contributed by atoms with Gasteiger partial charge in [-0.3, -0.25) is 14.5 Å². The molecule has 2 amide bonds. The van der Waals surface area contributed by atoms with Crippen LogP contribution in [0.15, 0.2) is 0 Å². The Morgan fingerprint density at radius 3 is 2.57 bits per heavy atom. The van der Waals surface area contributed by atoms with Gasteiger partial charge in [0.15, 0.2) is 0 Å². The first-order valence-electron chi connectivity index (χ1n) is 5.34. The lowest BCUT2D eigenvalue weighted by Crippen LogP contribution is -2.44. The van der Waals surface area contributed by atoms with Crippen LogP contribution in [0.1, 0.15) is 32.1 Å². The molecule has 0 aliphatic carbocycles. The summed E-state index contributed by atoms with van der Waals surface area (Å²) in [7, 11) is 0. The first-order valence-corrected chi connectivity index (χ1v) is 5.34. The van der Waals surface area contributed by atoms with Gasteiger partial charge in [-0.15, -0.1) is 0 Å². The molecule has 0 aromatic carbocycles. The number of imide groups is 1. The van der Waals surface area contributed by atoms with Crippen LogP contribution in [0, 0.1) is 0 Å². The normalized spacial score (nSPS) is 29.4. The van der Waals surface area contributed by atoms with Crippen molar-refractivity contribution in [3.05, 3.63) is 0 Å². The summed E-state index contributed by atoms with van der Waals surface area (Å²) >= 11 is 0. The molecule has 1 N–H and O–H groups in total. The fourth-order valence-corrected chi connectivity index (χ4v) is 2.22. The Morgan fingerprint density at radius 2 is 1.86 bits per heavy atom. The van der Waals surface area contributed by atoms with E-state index in [4.69, 9.17) is 0 Å². The van der Waals surface area contributed by atoms with E-state index in [-0.39, 0.29) is 17.9 Å². The van der Waals surface area contributed by atoms with Gasteiger partial charge in [-0.25, -0.2) is 0 Å². The smallest absolute Gasteiger partial charge is 0.229 e. The third-order valence-electron chi connectivity index (χ3n) is 2.98. The van der Waals surface area contributed by atoms with Crippen molar-refractivity contribution in [1.82, 2.24) is 10.2 Å². The number of carbonyl (C=O) groups excluding carboxylic acids is 2. The van der Waals surface area contributed by atoms with E-state index in [1.165, 1.54) is 4.90 Å². The summed E-state index contributed by atoms with van der Waals surface area (Å²) in [6.45, 7) is 1.78. The summed E-state index contributed by atoms with van der Waals surface area (Å²) in [6.07, 6.45) is 4.04. The zero-order chi connectivity index (χ0) is 9.97. The standard InChI is InChI=1S/C10H16N2O2/c13-9-4-5-10(14)12(9)8-3-1-2-6-11-7-8/h8,11H,1-7H2. The highest BCUT2D eigenvalue weighted by Crippen LogP contribution is 2.19. The van der Waals surface area contributed by atoms with Crippen molar-refractivity contribution in [3.63, 3.8) is 0 Å². The molecule has 0 bridgehead atoms. The van der Waals surface area contributed by atoms with E-state index < -0.39 is 0 Å². The zero-order valence-corrected chi connectivity index (χ0v) is 8.29. The quantitative estimate of drug-likeness (QED) is 0.613. The van der Waals surface area contributed by atoms with Crippen LogP contribution < -0.4 is 5.32 Å². The largest absolute Gasteiger partial charge is 0.315 e. The minimum Gasteiger partial charge on any atom is -0.315 e. The van der Waals surface area contributed by atoms with Gasteiger partial charge >= 0.3 is 0 Å². The molecule has 2 heterocycles. The molecule has 2 aliphatic rings. The summed E-state index contributed by atoms with van der Waals surface area (Å²) in [5.74, 6) is 0.0346. The average Bonchev–Trinajstić information content (AvgIpc) is 2.45. The predicted octanol–water partition coefficient (Wildman–Crippen LogP) is 0.278. The minimum atomic E-state index is 0.0173. The maximum absolute atomic E-state index is 11.5. The van der Waals surface area contributed by atoms with Gasteiger partial charge in [-0.1, -0.05) is 6.42 Å². The van der Waals surface area contributed by atoms with Gasteiger partial charge in [0.05, 0.1) is 6.04 Å². The Hall–Kier alpha value is -0.900. The number of amides is 2. The third-order valence-corrected chi connectivity index (χ3v) is 2.98. The lowest BCUT2D eigenvalue weighted by atomic mass is 10.1. The van der Waals surface area contributed by atoms with E-state index in [1.807, 2.05) is 0 Å². The van der Waals surface area contributed by atoms with Crippen molar-refractivity contribution in [3.8, 4) is 0 Å². The van der Waals surface area contributed by atoms with Gasteiger partial charge in [-0.05, 0) is 19.4 Å². The number of nitrogens with one attached hydrogen (secondary N) is 1. The van der Waals surface area contributed by atoms with E-state index in [1.54, 1.807) is 0 Å². The van der Waals surface area contributed by atoms with Crippen LogP contribution in [-0.2, 0) is 9.59 Å². The van der Waals surface area contributed by atoms with Crippen LogP contribution in [0.3, 0.4) is 0 Å². The van der Waals surface area contributed by atoms with Gasteiger partial charge in [0, 0.05) is 19.4 Å². The van der Waals surface area contributed by atoms with Crippen LogP contribution in [0.25, 0.3) is 0 Å². The third kappa shape index (κ3) is 1.80. The minimum absolute atomic E-state index is 0.0173. The van der Waals surface area contributed by atoms with Gasteiger partial charge in [0.2, 0.25) is 11.8 Å². The molecule has 4 heteroatoms. The Kier molecular flexibility index (Phi) is 2.82. The summed E-state index contributed by atoms with van der Waals surface area (Å²) in [5.41, 5.74) is 0. The SMILES string of the molecule is O=C1CCC(=O)N1C1CCCCNC1. The van der Waals surface area contributed by atoms with Crippen LogP contribution >= 0.6 is 0 Å². The van der Waals surface area contributed by atoms with E-state index in [2.05, 4.69) is 5.32 Å². The van der Waals surface area contributed by atoms with Crippen molar-refractivity contribution in [2.45, 2.75) is 38.1 Å². The molecule has 0 spiro atoms. The highest BCUT2D eigenvalue weighted by atomic mass is 16.2. The molecule has 2 aliphatic heterocycles. The topological polar surface area (TPSA) is 49.4 Å². The molecule has 0 aromatic heterocycles. The highest BCUT2D eigenvalue weighted by molar-refractivity contribution is 6.02. The lowest BCUT2D eigenvalue weighted by molar-refractivity contribution is -0.141. The van der Waals surface area contributed by atoms with Crippen molar-refractivity contribution in [1.29, 1.82) is 0 Å². The molecule has 0 radical (unpaired) electrons. The molecule has 2 saturated heterocycles. The summed E-state index contributed by atoms with van der Waals surface area (Å²) < 4.78 is 0. The van der Waals surface area contributed by atoms with Crippen LogP contribution in [0.5, 0.6) is 0 Å². The zero-order valence-electron chi connectivity index (χ0n) is 8.29. The Bertz CT molecular complexity index is 229. The number of nitrogens with zero attached hydrogens (tertiary/aromatic N) is 1. The van der Waals surface area contributed by atoms with Crippen molar-refractivity contribution in [2.24, 2.45) is 0 Å². The Labute approximate surface area is 83.6 Å². The van der Waals surface area contributed by atoms with E-state index >= 15 is 0 Å². The lowest BCUT2D eigenvalue weighted by Gasteiger charge is -2.24. The molecular formula is C10H16N2O2. The Balaban J connectivity index is 2.04. The molecule has 78 valence electrons. The van der Waals surface area contributed by atoms with Crippen LogP contribution in [0.4, 0.5) is 0 Å². The highest BCUT2D eigenvalue weighted by Gasteiger charge is 2.34. The van der Waals surface area contributed by atoms with Gasteiger partial charge in [-0.2, -0.15) is 0 Å². The van der Waals surface area contributed by atoms with Gasteiger partial charge in [0.25, 0.3) is 0 Å². The van der Waals surface area contributed by atoms with Crippen LogP contribution in [0.2, 0.25) is 0 Å². The van der Waals surface area contributed by atoms with Crippen molar-refractivity contribution < 1.29 is 9.59 Å². The molecule has 4 nitrogen and oxygen atoms in total. The summed E-state index contributed by atoms with van der Waals surface area (Å²) in [6, 6.07) is 0.111. The number of likely N-dealkylation sites (tertiary alicyclic amines) is 1. The molecule has 0 aromatic rings. The molecular weight excluding hydrogens is 180 g/mol. The second-order valence-electron chi connectivity index (χ2n) is 4.01. The number of hydrogen-bond donors (Lipinski definition) is 1. The average molecular weight is 196 g/mol. The molecule has 1 atom stereocenters. The summed E-state index contributed by atoms with van der Waals surface area (Å²) in [4.78, 5) is 24.4. The molecule has 0 saturated carbocycles. The number of carbonyl (C=O) groups is 2. The second kappa shape index (κ2) is 4.09. The molecule has 2 fully saturated rings.